The van der Waals surface area contributed by atoms with Crippen molar-refractivity contribution in [3.8, 4) is 0 Å². The predicted octanol–water partition coefficient (Wildman–Crippen LogP) is 2.70. The monoisotopic (exact) mass is 345 g/mol. The molecule has 0 spiro atoms. The quantitative estimate of drug-likeness (QED) is 0.912. The third-order valence-electron chi connectivity index (χ3n) is 4.32. The molecule has 1 aliphatic heterocycles. The maximum Gasteiger partial charge on any atom is 0.236 e. The molecule has 0 saturated carbocycles. The average molecular weight is 346 g/mol. The number of amides is 1. The van der Waals surface area contributed by atoms with E-state index in [9.17, 15) is 4.79 Å². The Bertz CT molecular complexity index is 473. The number of piperidine rings is 1. The van der Waals surface area contributed by atoms with Gasteiger partial charge in [-0.25, -0.2) is 0 Å². The van der Waals surface area contributed by atoms with Gasteiger partial charge in [0.1, 0.15) is 0 Å². The molecule has 0 aliphatic carbocycles. The van der Waals surface area contributed by atoms with Crippen LogP contribution in [0.5, 0.6) is 0 Å². The lowest BCUT2D eigenvalue weighted by Crippen LogP contribution is -2.45. The van der Waals surface area contributed by atoms with E-state index in [0.717, 1.165) is 31.5 Å². The highest BCUT2D eigenvalue weighted by Gasteiger charge is 2.22. The summed E-state index contributed by atoms with van der Waals surface area (Å²) in [4.78, 5) is 16.4. The summed E-state index contributed by atoms with van der Waals surface area (Å²) in [6, 6.07) is 7.99. The number of hydrogen-bond acceptors (Lipinski definition) is 3. The second-order valence-corrected chi connectivity index (χ2v) is 6.28. The normalized spacial score (nSPS) is 17.6. The minimum atomic E-state index is 0. The Morgan fingerprint density at radius 3 is 2.45 bits per heavy atom. The molecule has 0 aromatic heterocycles. The zero-order valence-corrected chi connectivity index (χ0v) is 14.7. The molecule has 124 valence electrons. The standard InChI is InChI=1S/C16H24ClN3O.ClH/c1-12(13-3-5-14(17)6-4-13)19(2)16(21)11-20-9-7-15(18)8-10-20;/h3-6,12,15H,7-11,18H2,1-2H3;1H. The van der Waals surface area contributed by atoms with Crippen LogP contribution in [0.4, 0.5) is 0 Å². The van der Waals surface area contributed by atoms with Crippen LogP contribution in [0, 0.1) is 0 Å². The van der Waals surface area contributed by atoms with Crippen LogP contribution in [0.25, 0.3) is 0 Å². The summed E-state index contributed by atoms with van der Waals surface area (Å²) in [5.74, 6) is 0.146. The number of likely N-dealkylation sites (N-methyl/N-ethyl adjacent to an activating group) is 1. The Morgan fingerprint density at radius 1 is 1.36 bits per heavy atom. The number of halogens is 2. The van der Waals surface area contributed by atoms with Crippen molar-refractivity contribution >= 4 is 29.9 Å². The second-order valence-electron chi connectivity index (χ2n) is 5.85. The van der Waals surface area contributed by atoms with Crippen LogP contribution >= 0.6 is 24.0 Å². The molecule has 1 aliphatic rings. The van der Waals surface area contributed by atoms with Crippen molar-refractivity contribution < 1.29 is 4.79 Å². The van der Waals surface area contributed by atoms with Crippen molar-refractivity contribution in [2.24, 2.45) is 5.73 Å². The fourth-order valence-corrected chi connectivity index (χ4v) is 2.72. The van der Waals surface area contributed by atoms with Gasteiger partial charge in [-0.2, -0.15) is 0 Å². The number of benzene rings is 1. The molecule has 1 amide bonds. The summed E-state index contributed by atoms with van der Waals surface area (Å²) in [5, 5.41) is 0.713. The van der Waals surface area contributed by atoms with Gasteiger partial charge in [0.25, 0.3) is 0 Å². The Kier molecular flexibility index (Phi) is 7.63. The fraction of sp³-hybridized carbons (Fsp3) is 0.562. The summed E-state index contributed by atoms with van der Waals surface area (Å²) < 4.78 is 0. The third kappa shape index (κ3) is 5.13. The molecule has 1 heterocycles. The van der Waals surface area contributed by atoms with Crippen LogP contribution < -0.4 is 5.73 Å². The van der Waals surface area contributed by atoms with E-state index in [1.54, 1.807) is 4.90 Å². The van der Waals surface area contributed by atoms with E-state index in [0.29, 0.717) is 17.6 Å². The van der Waals surface area contributed by atoms with Gasteiger partial charge in [0.15, 0.2) is 0 Å². The highest BCUT2D eigenvalue weighted by atomic mass is 35.5. The maximum absolute atomic E-state index is 12.4. The largest absolute Gasteiger partial charge is 0.338 e. The van der Waals surface area contributed by atoms with Crippen molar-refractivity contribution in [1.29, 1.82) is 0 Å². The molecule has 1 aromatic rings. The number of carbonyl (C=O) groups is 1. The zero-order valence-electron chi connectivity index (χ0n) is 13.2. The molecule has 1 fully saturated rings. The van der Waals surface area contributed by atoms with E-state index in [2.05, 4.69) is 4.90 Å². The summed E-state index contributed by atoms with van der Waals surface area (Å²) in [7, 11) is 1.86. The summed E-state index contributed by atoms with van der Waals surface area (Å²) in [6.07, 6.45) is 1.95. The van der Waals surface area contributed by atoms with Crippen LogP contribution in [-0.4, -0.2) is 48.4 Å². The van der Waals surface area contributed by atoms with Crippen molar-refractivity contribution in [3.63, 3.8) is 0 Å². The van der Waals surface area contributed by atoms with Gasteiger partial charge in [0.2, 0.25) is 5.91 Å². The van der Waals surface area contributed by atoms with E-state index in [-0.39, 0.29) is 24.4 Å². The van der Waals surface area contributed by atoms with Crippen molar-refractivity contribution in [2.75, 3.05) is 26.7 Å². The predicted molar refractivity (Wildman–Crippen MR) is 93.5 cm³/mol. The molecule has 6 heteroatoms. The molecule has 2 N–H and O–H groups in total. The van der Waals surface area contributed by atoms with Crippen LogP contribution in [-0.2, 0) is 4.79 Å². The first kappa shape index (κ1) is 19.2. The third-order valence-corrected chi connectivity index (χ3v) is 4.57. The van der Waals surface area contributed by atoms with E-state index in [4.69, 9.17) is 17.3 Å². The number of likely N-dealkylation sites (tertiary alicyclic amines) is 1. The highest BCUT2D eigenvalue weighted by molar-refractivity contribution is 6.30. The smallest absolute Gasteiger partial charge is 0.236 e. The van der Waals surface area contributed by atoms with Crippen molar-refractivity contribution in [2.45, 2.75) is 31.8 Å². The second kappa shape index (κ2) is 8.73. The van der Waals surface area contributed by atoms with E-state index in [1.165, 1.54) is 0 Å². The van der Waals surface area contributed by atoms with Crippen LogP contribution in [0.15, 0.2) is 24.3 Å². The van der Waals surface area contributed by atoms with Gasteiger partial charge in [0, 0.05) is 31.2 Å². The first-order chi connectivity index (χ1) is 9.97. The average Bonchev–Trinajstić information content (AvgIpc) is 2.49. The number of nitrogens with two attached hydrogens (primary N) is 1. The molecule has 22 heavy (non-hydrogen) atoms. The highest BCUT2D eigenvalue weighted by Crippen LogP contribution is 2.21. The summed E-state index contributed by atoms with van der Waals surface area (Å²) >= 11 is 5.90. The van der Waals surface area contributed by atoms with Crippen LogP contribution in [0.3, 0.4) is 0 Å². The Hall–Kier alpha value is -0.810. The minimum absolute atomic E-state index is 0. The summed E-state index contributed by atoms with van der Waals surface area (Å²) in [5.41, 5.74) is 6.98. The Labute approximate surface area is 144 Å². The molecule has 4 nitrogen and oxygen atoms in total. The lowest BCUT2D eigenvalue weighted by molar-refractivity contribution is -0.133. The van der Waals surface area contributed by atoms with E-state index >= 15 is 0 Å². The van der Waals surface area contributed by atoms with Gasteiger partial charge in [-0.15, -0.1) is 12.4 Å². The van der Waals surface area contributed by atoms with E-state index in [1.807, 2.05) is 38.2 Å². The van der Waals surface area contributed by atoms with Gasteiger partial charge < -0.3 is 10.6 Å². The van der Waals surface area contributed by atoms with Crippen molar-refractivity contribution in [1.82, 2.24) is 9.80 Å². The molecule has 1 saturated heterocycles. The van der Waals surface area contributed by atoms with Gasteiger partial charge in [-0.1, -0.05) is 23.7 Å². The van der Waals surface area contributed by atoms with Gasteiger partial charge in [-0.3, -0.25) is 9.69 Å². The number of rotatable bonds is 4. The molecule has 0 bridgehead atoms. The molecule has 2 rings (SSSR count). The zero-order chi connectivity index (χ0) is 15.4. The van der Waals surface area contributed by atoms with Gasteiger partial charge in [0.05, 0.1) is 12.6 Å². The first-order valence-corrected chi connectivity index (χ1v) is 7.84. The van der Waals surface area contributed by atoms with Gasteiger partial charge in [-0.05, 0) is 37.5 Å². The lowest BCUT2D eigenvalue weighted by atomic mass is 10.1. The number of carbonyl (C=O) groups excluding carboxylic acids is 1. The van der Waals surface area contributed by atoms with Crippen molar-refractivity contribution in [3.05, 3.63) is 34.9 Å². The first-order valence-electron chi connectivity index (χ1n) is 7.46. The maximum atomic E-state index is 12.4. The fourth-order valence-electron chi connectivity index (χ4n) is 2.59. The Morgan fingerprint density at radius 2 is 1.91 bits per heavy atom. The number of hydrogen-bond donors (Lipinski definition) is 1. The molecule has 1 aromatic carbocycles. The molecule has 0 radical (unpaired) electrons. The molecular formula is C16H25Cl2N3O. The van der Waals surface area contributed by atoms with Gasteiger partial charge >= 0.3 is 0 Å². The topological polar surface area (TPSA) is 49.6 Å². The molecule has 1 unspecified atom stereocenters. The lowest BCUT2D eigenvalue weighted by Gasteiger charge is -2.32. The van der Waals surface area contributed by atoms with Crippen LogP contribution in [0.1, 0.15) is 31.4 Å². The SMILES string of the molecule is CC(c1ccc(Cl)cc1)N(C)C(=O)CN1CCC(N)CC1.Cl. The number of nitrogens with zero attached hydrogens (tertiary/aromatic N) is 2. The molecular weight excluding hydrogens is 321 g/mol. The molecule has 1 atom stereocenters. The minimum Gasteiger partial charge on any atom is -0.338 e. The van der Waals surface area contributed by atoms with E-state index < -0.39 is 0 Å². The van der Waals surface area contributed by atoms with Crippen LogP contribution in [0.2, 0.25) is 5.02 Å². The summed E-state index contributed by atoms with van der Waals surface area (Å²) in [6.45, 7) is 4.33. The Balaban J connectivity index is 0.00000242.